The highest BCUT2D eigenvalue weighted by molar-refractivity contribution is 6.16. The smallest absolute Gasteiger partial charge is 0.430 e. The number of unbranched alkanes of at least 4 members (excludes halogenated alkanes) is 3. The van der Waals surface area contributed by atoms with E-state index in [1.807, 2.05) is 0 Å². The minimum atomic E-state index is -0.782. The Balaban J connectivity index is 6.62. The Hall–Kier alpha value is -3.67. The molecule has 2 amide bonds. The van der Waals surface area contributed by atoms with E-state index in [2.05, 4.69) is 20.2 Å². The summed E-state index contributed by atoms with van der Waals surface area (Å²) < 4.78 is 15.7. The van der Waals surface area contributed by atoms with E-state index in [-0.39, 0.29) is 30.0 Å². The second-order valence-corrected chi connectivity index (χ2v) is 11.5. The van der Waals surface area contributed by atoms with Crippen molar-refractivity contribution in [2.45, 2.75) is 105 Å². The topological polar surface area (TPSA) is 176 Å². The number of Topliss-reactive ketones (excluding diaryl/α,β-unsaturated/α-hetero) is 1. The van der Waals surface area contributed by atoms with E-state index in [0.717, 1.165) is 22.9 Å². The minimum absolute atomic E-state index is 0.134. The normalized spacial score (nSPS) is 13.0. The van der Waals surface area contributed by atoms with Crippen LogP contribution in [0.5, 0.6) is 0 Å². The zero-order chi connectivity index (χ0) is 31.8. The first kappa shape index (κ1) is 37.3. The molecule has 1 unspecified atom stereocenters. The van der Waals surface area contributed by atoms with Gasteiger partial charge in [0.15, 0.2) is 0 Å². The van der Waals surface area contributed by atoms with Crippen molar-refractivity contribution in [1.82, 2.24) is 10.0 Å². The zero-order valence-electron chi connectivity index (χ0n) is 26.2. The summed E-state index contributed by atoms with van der Waals surface area (Å²) in [6.07, 6.45) is 1.36. The summed E-state index contributed by atoms with van der Waals surface area (Å²) in [6.45, 7) is 12.1. The number of carbonyl (C=O) groups is 4. The van der Waals surface area contributed by atoms with Gasteiger partial charge in [-0.2, -0.15) is 10.2 Å². The maximum atomic E-state index is 12.7. The molecule has 41 heavy (non-hydrogen) atoms. The molecule has 0 radical (unpaired) electrons. The molecule has 14 heteroatoms. The standard InChI is InChI=1S/C27H47N7O7/c1-19(35)17-21(30-33(8)24(37)40-26(2,3)4)20(15-13-11-12-14-16-29-32-28)22(18-23(36)39-10)31-34(9)25(38)41-27(5,6)7/h20H,11-18H2,1-10H3/b30-21+,31-22+. The molecule has 0 bridgehead atoms. The van der Waals surface area contributed by atoms with Crippen molar-refractivity contribution in [3.8, 4) is 0 Å². The Morgan fingerprint density at radius 1 is 0.805 bits per heavy atom. The number of esters is 1. The minimum Gasteiger partial charge on any atom is -0.469 e. The first-order valence-electron chi connectivity index (χ1n) is 13.6. The molecule has 0 fully saturated rings. The van der Waals surface area contributed by atoms with Gasteiger partial charge < -0.3 is 14.2 Å². The molecule has 0 aromatic carbocycles. The molecule has 0 aromatic rings. The van der Waals surface area contributed by atoms with Crippen molar-refractivity contribution in [3.05, 3.63) is 10.4 Å². The molecular weight excluding hydrogens is 534 g/mol. The highest BCUT2D eigenvalue weighted by Crippen LogP contribution is 2.22. The fourth-order valence-corrected chi connectivity index (χ4v) is 3.51. The summed E-state index contributed by atoms with van der Waals surface area (Å²) in [5.41, 5.74) is 7.41. The molecule has 0 saturated heterocycles. The van der Waals surface area contributed by atoms with Crippen LogP contribution >= 0.6 is 0 Å². The number of hydrogen-bond acceptors (Lipinski definition) is 10. The number of hydrazone groups is 2. The van der Waals surface area contributed by atoms with Gasteiger partial charge in [0.05, 0.1) is 25.0 Å². The van der Waals surface area contributed by atoms with Crippen molar-refractivity contribution in [2.24, 2.45) is 21.2 Å². The van der Waals surface area contributed by atoms with Gasteiger partial charge in [0.1, 0.15) is 17.0 Å². The number of amides is 2. The fourth-order valence-electron chi connectivity index (χ4n) is 3.51. The largest absolute Gasteiger partial charge is 0.469 e. The van der Waals surface area contributed by atoms with Gasteiger partial charge in [-0.3, -0.25) is 9.59 Å². The second kappa shape index (κ2) is 17.9. The Morgan fingerprint density at radius 3 is 1.68 bits per heavy atom. The van der Waals surface area contributed by atoms with Gasteiger partial charge in [0.2, 0.25) is 0 Å². The van der Waals surface area contributed by atoms with E-state index in [1.54, 1.807) is 41.5 Å². The summed E-state index contributed by atoms with van der Waals surface area (Å²) in [4.78, 5) is 52.9. The van der Waals surface area contributed by atoms with Crippen LogP contribution in [-0.2, 0) is 23.8 Å². The van der Waals surface area contributed by atoms with E-state index in [0.29, 0.717) is 25.8 Å². The lowest BCUT2D eigenvalue weighted by Crippen LogP contribution is -2.36. The molecule has 0 rings (SSSR count). The third-order valence-electron chi connectivity index (χ3n) is 5.22. The average Bonchev–Trinajstić information content (AvgIpc) is 2.82. The van der Waals surface area contributed by atoms with E-state index in [4.69, 9.17) is 19.7 Å². The molecule has 0 spiro atoms. The molecule has 0 aliphatic heterocycles. The van der Waals surface area contributed by atoms with Crippen LogP contribution in [0.15, 0.2) is 15.3 Å². The molecule has 0 N–H and O–H groups in total. The van der Waals surface area contributed by atoms with Crippen molar-refractivity contribution < 1.29 is 33.4 Å². The van der Waals surface area contributed by atoms with E-state index in [1.165, 1.54) is 28.1 Å². The summed E-state index contributed by atoms with van der Waals surface area (Å²) in [7, 11) is 4.04. The number of carbonyl (C=O) groups excluding carboxylic acids is 4. The molecular formula is C27H47N7O7. The average molecular weight is 582 g/mol. The van der Waals surface area contributed by atoms with Gasteiger partial charge in [-0.1, -0.05) is 24.4 Å². The van der Waals surface area contributed by atoms with Crippen molar-refractivity contribution in [1.29, 1.82) is 0 Å². The number of hydrogen-bond donors (Lipinski definition) is 0. The van der Waals surface area contributed by atoms with Crippen molar-refractivity contribution >= 4 is 35.4 Å². The predicted octanol–water partition coefficient (Wildman–Crippen LogP) is 5.85. The Bertz CT molecular complexity index is 1010. The van der Waals surface area contributed by atoms with Gasteiger partial charge >= 0.3 is 18.2 Å². The van der Waals surface area contributed by atoms with Gasteiger partial charge in [0.25, 0.3) is 0 Å². The summed E-state index contributed by atoms with van der Waals surface area (Å²) >= 11 is 0. The first-order chi connectivity index (χ1) is 18.9. The molecule has 1 atom stereocenters. The van der Waals surface area contributed by atoms with Crippen LogP contribution in [0.1, 0.15) is 93.4 Å². The van der Waals surface area contributed by atoms with Gasteiger partial charge in [-0.05, 0) is 66.8 Å². The lowest BCUT2D eigenvalue weighted by atomic mass is 9.87. The highest BCUT2D eigenvalue weighted by atomic mass is 16.6. The van der Waals surface area contributed by atoms with Crippen LogP contribution in [0.4, 0.5) is 9.59 Å². The SMILES string of the molecule is COC(=O)C/C(=N\N(C)C(=O)OC(C)(C)C)C(CCCCCCN=[N+]=[N-])/C(CC(C)=O)=N/N(C)C(=O)OC(C)(C)C. The Kier molecular flexibility index (Phi) is 16.3. The molecule has 14 nitrogen and oxygen atoms in total. The maximum absolute atomic E-state index is 12.7. The van der Waals surface area contributed by atoms with Crippen LogP contribution in [-0.4, -0.2) is 84.3 Å². The second-order valence-electron chi connectivity index (χ2n) is 11.5. The van der Waals surface area contributed by atoms with Crippen LogP contribution in [0.3, 0.4) is 0 Å². The Labute approximate surface area is 243 Å². The predicted molar refractivity (Wildman–Crippen MR) is 155 cm³/mol. The van der Waals surface area contributed by atoms with Crippen molar-refractivity contribution in [3.63, 3.8) is 0 Å². The zero-order valence-corrected chi connectivity index (χ0v) is 26.2. The van der Waals surface area contributed by atoms with Crippen LogP contribution in [0, 0.1) is 5.92 Å². The summed E-state index contributed by atoms with van der Waals surface area (Å²) in [5, 5.41) is 14.4. The number of azide groups is 1. The summed E-state index contributed by atoms with van der Waals surface area (Å²) in [6, 6.07) is 0. The number of rotatable bonds is 15. The van der Waals surface area contributed by atoms with E-state index >= 15 is 0 Å². The highest BCUT2D eigenvalue weighted by Gasteiger charge is 2.29. The number of ketones is 1. The third kappa shape index (κ3) is 17.6. The van der Waals surface area contributed by atoms with Crippen molar-refractivity contribution in [2.75, 3.05) is 27.7 Å². The molecule has 0 aliphatic carbocycles. The first-order valence-corrected chi connectivity index (χ1v) is 13.6. The number of nitrogens with zero attached hydrogens (tertiary/aromatic N) is 7. The van der Waals surface area contributed by atoms with Gasteiger partial charge in [-0.25, -0.2) is 19.6 Å². The monoisotopic (exact) mass is 581 g/mol. The lowest BCUT2D eigenvalue weighted by Gasteiger charge is -2.26. The molecule has 0 heterocycles. The van der Waals surface area contributed by atoms with Crippen LogP contribution in [0.25, 0.3) is 10.4 Å². The van der Waals surface area contributed by atoms with Crippen LogP contribution < -0.4 is 0 Å². The van der Waals surface area contributed by atoms with Gasteiger partial charge in [-0.15, -0.1) is 0 Å². The van der Waals surface area contributed by atoms with Crippen LogP contribution in [0.2, 0.25) is 0 Å². The molecule has 232 valence electrons. The number of methoxy groups -OCH3 is 1. The molecule has 0 aliphatic rings. The quantitative estimate of drug-likeness (QED) is 0.0340. The third-order valence-corrected chi connectivity index (χ3v) is 5.22. The lowest BCUT2D eigenvalue weighted by molar-refractivity contribution is -0.139. The Morgan fingerprint density at radius 2 is 1.27 bits per heavy atom. The molecule has 0 aromatic heterocycles. The van der Waals surface area contributed by atoms with E-state index < -0.39 is 35.3 Å². The van der Waals surface area contributed by atoms with Gasteiger partial charge in [0, 0.05) is 37.9 Å². The fraction of sp³-hybridized carbons (Fsp3) is 0.778. The maximum Gasteiger partial charge on any atom is 0.430 e. The van der Waals surface area contributed by atoms with E-state index in [9.17, 15) is 19.2 Å². The molecule has 0 saturated carbocycles. The summed E-state index contributed by atoms with van der Waals surface area (Å²) in [5.74, 6) is -1.54. The number of ether oxygens (including phenoxy) is 3.